The third kappa shape index (κ3) is 1.18. The Morgan fingerprint density at radius 1 is 1.15 bits per heavy atom. The van der Waals surface area contributed by atoms with Gasteiger partial charge in [0.2, 0.25) is 11.8 Å². The average molecular weight is 181 g/mol. The van der Waals surface area contributed by atoms with Gasteiger partial charge in [0.05, 0.1) is 11.8 Å². The number of amides is 2. The summed E-state index contributed by atoms with van der Waals surface area (Å²) in [5.41, 5.74) is 0. The number of fused-ring (bicyclic) bond motifs is 1. The average Bonchev–Trinajstić information content (AvgIpc) is 2.41. The Bertz CT molecular complexity index is 225. The number of likely N-dealkylation sites (tertiary alicyclic amines) is 1. The monoisotopic (exact) mass is 181 g/mol. The van der Waals surface area contributed by atoms with E-state index in [0.29, 0.717) is 6.54 Å². The Hall–Kier alpha value is -0.860. The predicted octanol–water partition coefficient (Wildman–Crippen LogP) is 1.18. The lowest BCUT2D eigenvalue weighted by molar-refractivity contribution is -0.139. The Balaban J connectivity index is 2.22. The van der Waals surface area contributed by atoms with Crippen molar-refractivity contribution in [3.63, 3.8) is 0 Å². The van der Waals surface area contributed by atoms with E-state index in [2.05, 4.69) is 0 Å². The van der Waals surface area contributed by atoms with Crippen LogP contribution in [0.5, 0.6) is 0 Å². The molecule has 2 amide bonds. The van der Waals surface area contributed by atoms with Crippen LogP contribution in [-0.4, -0.2) is 23.3 Å². The predicted molar refractivity (Wildman–Crippen MR) is 47.8 cm³/mol. The van der Waals surface area contributed by atoms with Gasteiger partial charge in [-0.05, 0) is 19.8 Å². The summed E-state index contributed by atoms with van der Waals surface area (Å²) in [5, 5.41) is 0. The molecule has 1 saturated heterocycles. The lowest BCUT2D eigenvalue weighted by Crippen LogP contribution is -2.30. The highest BCUT2D eigenvalue weighted by atomic mass is 16.2. The van der Waals surface area contributed by atoms with E-state index in [0.717, 1.165) is 25.7 Å². The Labute approximate surface area is 78.1 Å². The zero-order valence-electron chi connectivity index (χ0n) is 7.95. The van der Waals surface area contributed by atoms with Crippen LogP contribution >= 0.6 is 0 Å². The minimum Gasteiger partial charge on any atom is -0.282 e. The van der Waals surface area contributed by atoms with Crippen molar-refractivity contribution in [2.45, 2.75) is 32.6 Å². The van der Waals surface area contributed by atoms with Crippen molar-refractivity contribution in [3.05, 3.63) is 0 Å². The van der Waals surface area contributed by atoms with Crippen molar-refractivity contribution < 1.29 is 9.59 Å². The van der Waals surface area contributed by atoms with Crippen LogP contribution in [-0.2, 0) is 9.59 Å². The van der Waals surface area contributed by atoms with E-state index < -0.39 is 0 Å². The lowest BCUT2D eigenvalue weighted by atomic mass is 9.81. The maximum Gasteiger partial charge on any atom is 0.233 e. The number of carbonyl (C=O) groups excluding carboxylic acids is 2. The van der Waals surface area contributed by atoms with Gasteiger partial charge in [-0.3, -0.25) is 14.5 Å². The third-order valence-electron chi connectivity index (χ3n) is 3.25. The van der Waals surface area contributed by atoms with Crippen LogP contribution in [0.2, 0.25) is 0 Å². The molecule has 0 N–H and O–H groups in total. The normalized spacial score (nSPS) is 33.8. The van der Waals surface area contributed by atoms with Gasteiger partial charge in [-0.2, -0.15) is 0 Å². The molecule has 2 rings (SSSR count). The molecule has 0 bridgehead atoms. The van der Waals surface area contributed by atoms with E-state index in [1.165, 1.54) is 4.90 Å². The van der Waals surface area contributed by atoms with E-state index in [4.69, 9.17) is 0 Å². The van der Waals surface area contributed by atoms with E-state index in [9.17, 15) is 9.59 Å². The van der Waals surface area contributed by atoms with Crippen LogP contribution in [0.15, 0.2) is 0 Å². The molecule has 2 aliphatic rings. The summed E-state index contributed by atoms with van der Waals surface area (Å²) in [5.74, 6) is 0.219. The third-order valence-corrected chi connectivity index (χ3v) is 3.25. The highest BCUT2D eigenvalue weighted by Gasteiger charge is 2.47. The molecule has 1 aliphatic carbocycles. The highest BCUT2D eigenvalue weighted by Crippen LogP contribution is 2.37. The second kappa shape index (κ2) is 3.13. The van der Waals surface area contributed by atoms with Gasteiger partial charge in [0.15, 0.2) is 0 Å². The Kier molecular flexibility index (Phi) is 2.10. The first kappa shape index (κ1) is 8.73. The molecule has 1 saturated carbocycles. The van der Waals surface area contributed by atoms with Crippen LogP contribution in [0.25, 0.3) is 0 Å². The van der Waals surface area contributed by atoms with Gasteiger partial charge >= 0.3 is 0 Å². The molecule has 72 valence electrons. The molecule has 2 unspecified atom stereocenters. The van der Waals surface area contributed by atoms with Gasteiger partial charge < -0.3 is 0 Å². The fourth-order valence-corrected chi connectivity index (χ4v) is 2.54. The van der Waals surface area contributed by atoms with E-state index in [1.807, 2.05) is 6.92 Å². The van der Waals surface area contributed by atoms with Crippen LogP contribution in [0.4, 0.5) is 0 Å². The summed E-state index contributed by atoms with van der Waals surface area (Å²) in [4.78, 5) is 24.8. The number of hydrogen-bond acceptors (Lipinski definition) is 2. The van der Waals surface area contributed by atoms with E-state index in [-0.39, 0.29) is 23.7 Å². The second-order valence-electron chi connectivity index (χ2n) is 3.92. The molecule has 3 heteroatoms. The number of rotatable bonds is 1. The Morgan fingerprint density at radius 2 is 1.62 bits per heavy atom. The maximum atomic E-state index is 11.7. The van der Waals surface area contributed by atoms with Crippen molar-refractivity contribution in [3.8, 4) is 0 Å². The van der Waals surface area contributed by atoms with Crippen molar-refractivity contribution in [1.29, 1.82) is 0 Å². The molecule has 2 fully saturated rings. The lowest BCUT2D eigenvalue weighted by Gasteiger charge is -2.19. The van der Waals surface area contributed by atoms with Crippen molar-refractivity contribution in [2.24, 2.45) is 11.8 Å². The molecule has 3 nitrogen and oxygen atoms in total. The fraction of sp³-hybridized carbons (Fsp3) is 0.800. The minimum atomic E-state index is 0.0289. The maximum absolute atomic E-state index is 11.7. The van der Waals surface area contributed by atoms with Crippen molar-refractivity contribution >= 4 is 11.8 Å². The summed E-state index contributed by atoms with van der Waals surface area (Å²) < 4.78 is 0. The molecule has 2 atom stereocenters. The largest absolute Gasteiger partial charge is 0.282 e. The second-order valence-corrected chi connectivity index (χ2v) is 3.92. The summed E-state index contributed by atoms with van der Waals surface area (Å²) in [6, 6.07) is 0. The molecule has 13 heavy (non-hydrogen) atoms. The van der Waals surface area contributed by atoms with E-state index >= 15 is 0 Å². The smallest absolute Gasteiger partial charge is 0.233 e. The number of hydrogen-bond donors (Lipinski definition) is 0. The number of carbonyl (C=O) groups is 2. The van der Waals surface area contributed by atoms with Crippen LogP contribution < -0.4 is 0 Å². The molecule has 0 radical (unpaired) electrons. The summed E-state index contributed by atoms with van der Waals surface area (Å²) in [6.07, 6.45) is 4.06. The Morgan fingerprint density at radius 3 is 2.00 bits per heavy atom. The first-order chi connectivity index (χ1) is 6.25. The fourth-order valence-electron chi connectivity index (χ4n) is 2.54. The SMILES string of the molecule is CCN1C(=O)C2CCCCC2C1=O. The van der Waals surface area contributed by atoms with Crippen molar-refractivity contribution in [1.82, 2.24) is 4.90 Å². The first-order valence-corrected chi connectivity index (χ1v) is 5.11. The zero-order chi connectivity index (χ0) is 9.42. The number of nitrogens with zero attached hydrogens (tertiary/aromatic N) is 1. The molecule has 1 aliphatic heterocycles. The van der Waals surface area contributed by atoms with Crippen LogP contribution in [0, 0.1) is 11.8 Å². The zero-order valence-corrected chi connectivity index (χ0v) is 7.95. The van der Waals surface area contributed by atoms with Gasteiger partial charge in [0.1, 0.15) is 0 Å². The highest BCUT2D eigenvalue weighted by molar-refractivity contribution is 6.05. The quantitative estimate of drug-likeness (QED) is 0.570. The van der Waals surface area contributed by atoms with Gasteiger partial charge in [0, 0.05) is 6.54 Å². The molecule has 0 aromatic carbocycles. The number of imide groups is 1. The van der Waals surface area contributed by atoms with Crippen molar-refractivity contribution in [2.75, 3.05) is 6.54 Å². The summed E-state index contributed by atoms with van der Waals surface area (Å²) in [6.45, 7) is 2.41. The molecular formula is C10H15NO2. The molecule has 0 aromatic rings. The first-order valence-electron chi connectivity index (χ1n) is 5.11. The molecule has 0 aromatic heterocycles. The van der Waals surface area contributed by atoms with Crippen LogP contribution in [0.1, 0.15) is 32.6 Å². The van der Waals surface area contributed by atoms with Gasteiger partial charge in [-0.15, -0.1) is 0 Å². The molecular weight excluding hydrogens is 166 g/mol. The van der Waals surface area contributed by atoms with Gasteiger partial charge in [0.25, 0.3) is 0 Å². The molecule has 0 spiro atoms. The standard InChI is InChI=1S/C10H15NO2/c1-2-11-9(12)7-5-3-4-6-8(7)10(11)13/h7-8H,2-6H2,1H3. The minimum absolute atomic E-state index is 0.0289. The van der Waals surface area contributed by atoms with Crippen LogP contribution in [0.3, 0.4) is 0 Å². The topological polar surface area (TPSA) is 37.4 Å². The summed E-state index contributed by atoms with van der Waals surface area (Å²) >= 11 is 0. The van der Waals surface area contributed by atoms with Gasteiger partial charge in [-0.1, -0.05) is 12.8 Å². The summed E-state index contributed by atoms with van der Waals surface area (Å²) in [7, 11) is 0. The van der Waals surface area contributed by atoms with E-state index in [1.54, 1.807) is 0 Å². The van der Waals surface area contributed by atoms with Gasteiger partial charge in [-0.25, -0.2) is 0 Å². The molecule has 1 heterocycles.